The Morgan fingerprint density at radius 3 is 1.54 bits per heavy atom. The van der Waals surface area contributed by atoms with Crippen LogP contribution in [0.2, 0.25) is 0 Å². The molecule has 0 bridgehead atoms. The normalized spacial score (nSPS) is 11.9. The van der Waals surface area contributed by atoms with Crippen molar-refractivity contribution in [3.63, 3.8) is 0 Å². The first-order chi connectivity index (χ1) is 11.8. The number of rotatable bonds is 6. The quantitative estimate of drug-likeness (QED) is 0.709. The van der Waals surface area contributed by atoms with E-state index in [1.807, 2.05) is 91.0 Å². The zero-order valence-corrected chi connectivity index (χ0v) is 13.2. The Kier molecular flexibility index (Phi) is 4.92. The third-order valence-corrected chi connectivity index (χ3v) is 4.01. The molecule has 0 aliphatic heterocycles. The van der Waals surface area contributed by atoms with E-state index < -0.39 is 12.0 Å². The molecule has 0 saturated heterocycles. The van der Waals surface area contributed by atoms with Crippen molar-refractivity contribution >= 4 is 11.7 Å². The topological polar surface area (TPSA) is 49.3 Å². The van der Waals surface area contributed by atoms with Gasteiger partial charge in [0.15, 0.2) is 0 Å². The number of carboxylic acids is 1. The highest BCUT2D eigenvalue weighted by Crippen LogP contribution is 2.30. The van der Waals surface area contributed by atoms with Gasteiger partial charge in [0.2, 0.25) is 0 Å². The summed E-state index contributed by atoms with van der Waals surface area (Å²) in [6.07, 6.45) is 0. The van der Waals surface area contributed by atoms with Crippen LogP contribution >= 0.6 is 0 Å². The highest BCUT2D eigenvalue weighted by atomic mass is 16.4. The summed E-state index contributed by atoms with van der Waals surface area (Å²) >= 11 is 0. The lowest BCUT2D eigenvalue weighted by Crippen LogP contribution is -2.36. The zero-order chi connectivity index (χ0) is 16.8. The van der Waals surface area contributed by atoms with Crippen molar-refractivity contribution in [1.82, 2.24) is 0 Å². The van der Waals surface area contributed by atoms with Crippen LogP contribution in [0.4, 0.5) is 5.69 Å². The lowest BCUT2D eigenvalue weighted by Gasteiger charge is -2.26. The van der Waals surface area contributed by atoms with Crippen LogP contribution in [-0.4, -0.2) is 17.1 Å². The van der Waals surface area contributed by atoms with Gasteiger partial charge in [-0.05, 0) is 23.3 Å². The largest absolute Gasteiger partial charge is 0.480 e. The van der Waals surface area contributed by atoms with E-state index >= 15 is 0 Å². The third kappa shape index (κ3) is 3.63. The molecule has 0 heterocycles. The maximum Gasteiger partial charge on any atom is 0.327 e. The Morgan fingerprint density at radius 1 is 0.708 bits per heavy atom. The number of nitrogens with one attached hydrogen (secondary N) is 1. The third-order valence-electron chi connectivity index (χ3n) is 4.01. The molecule has 2 N–H and O–H groups in total. The van der Waals surface area contributed by atoms with E-state index in [2.05, 4.69) is 5.32 Å². The second-order valence-corrected chi connectivity index (χ2v) is 5.63. The van der Waals surface area contributed by atoms with Crippen LogP contribution < -0.4 is 5.32 Å². The summed E-state index contributed by atoms with van der Waals surface area (Å²) in [6, 6.07) is 28.2. The first-order valence-corrected chi connectivity index (χ1v) is 7.90. The fraction of sp³-hybridized carbons (Fsp3) is 0.0952. The van der Waals surface area contributed by atoms with E-state index in [-0.39, 0.29) is 5.92 Å². The number of para-hydroxylation sites is 1. The minimum atomic E-state index is -0.878. The Bertz CT molecular complexity index is 733. The second-order valence-electron chi connectivity index (χ2n) is 5.63. The van der Waals surface area contributed by atoms with Crippen LogP contribution in [0.5, 0.6) is 0 Å². The highest BCUT2D eigenvalue weighted by molar-refractivity contribution is 5.80. The molecule has 0 aliphatic carbocycles. The van der Waals surface area contributed by atoms with Gasteiger partial charge in [-0.25, -0.2) is 4.79 Å². The molecule has 0 fully saturated rings. The molecule has 3 heteroatoms. The molecule has 3 rings (SSSR count). The van der Waals surface area contributed by atoms with E-state index in [0.717, 1.165) is 16.8 Å². The van der Waals surface area contributed by atoms with Crippen LogP contribution in [0.15, 0.2) is 91.0 Å². The number of benzene rings is 3. The van der Waals surface area contributed by atoms with E-state index in [0.29, 0.717) is 0 Å². The maximum atomic E-state index is 12.0. The molecule has 3 aromatic carbocycles. The zero-order valence-electron chi connectivity index (χ0n) is 13.2. The average Bonchev–Trinajstić information content (AvgIpc) is 2.64. The van der Waals surface area contributed by atoms with Gasteiger partial charge < -0.3 is 10.4 Å². The van der Waals surface area contributed by atoms with E-state index in [1.165, 1.54) is 0 Å². The first kappa shape index (κ1) is 15.8. The molecule has 3 aromatic rings. The summed E-state index contributed by atoms with van der Waals surface area (Å²) in [4.78, 5) is 12.0. The molecular formula is C21H19NO2. The molecule has 0 amide bonds. The smallest absolute Gasteiger partial charge is 0.327 e. The standard InChI is InChI=1S/C21H19NO2/c23-21(24)20(22-18-14-8-3-9-15-18)19(16-10-4-1-5-11-16)17-12-6-2-7-13-17/h1-15,19-20,22H,(H,23,24)/t20-/m1/s1. The Hall–Kier alpha value is -3.07. The first-order valence-electron chi connectivity index (χ1n) is 7.90. The summed E-state index contributed by atoms with van der Waals surface area (Å²) in [5.74, 6) is -1.17. The molecule has 0 saturated carbocycles. The van der Waals surface area contributed by atoms with Gasteiger partial charge in [-0.1, -0.05) is 78.9 Å². The van der Waals surface area contributed by atoms with Crippen molar-refractivity contribution in [3.05, 3.63) is 102 Å². The molecule has 0 aromatic heterocycles. The van der Waals surface area contributed by atoms with Crippen molar-refractivity contribution < 1.29 is 9.90 Å². The number of carboxylic acid groups (broad SMARTS) is 1. The highest BCUT2D eigenvalue weighted by Gasteiger charge is 2.30. The number of carbonyl (C=O) groups is 1. The Balaban J connectivity index is 2.03. The average molecular weight is 317 g/mol. The minimum absolute atomic E-state index is 0.287. The van der Waals surface area contributed by atoms with Crippen molar-refractivity contribution in [1.29, 1.82) is 0 Å². The van der Waals surface area contributed by atoms with Gasteiger partial charge in [0.1, 0.15) is 6.04 Å². The summed E-state index contributed by atoms with van der Waals surface area (Å²) < 4.78 is 0. The number of anilines is 1. The molecule has 0 radical (unpaired) electrons. The second kappa shape index (κ2) is 7.47. The molecule has 120 valence electrons. The van der Waals surface area contributed by atoms with Gasteiger partial charge in [-0.15, -0.1) is 0 Å². The van der Waals surface area contributed by atoms with Crippen LogP contribution in [0.25, 0.3) is 0 Å². The maximum absolute atomic E-state index is 12.0. The molecule has 0 unspecified atom stereocenters. The molecule has 0 spiro atoms. The summed E-state index contributed by atoms with van der Waals surface area (Å²) in [7, 11) is 0. The number of aliphatic carboxylic acids is 1. The SMILES string of the molecule is O=C(O)[C@H](Nc1ccccc1)C(c1ccccc1)c1ccccc1. The summed E-state index contributed by atoms with van der Waals surface area (Å²) in [6.45, 7) is 0. The Morgan fingerprint density at radius 2 is 1.12 bits per heavy atom. The van der Waals surface area contributed by atoms with Gasteiger partial charge in [0.05, 0.1) is 0 Å². The van der Waals surface area contributed by atoms with E-state index in [9.17, 15) is 9.90 Å². The van der Waals surface area contributed by atoms with Gasteiger partial charge in [-0.3, -0.25) is 0 Å². The van der Waals surface area contributed by atoms with Crippen molar-refractivity contribution in [2.24, 2.45) is 0 Å². The van der Waals surface area contributed by atoms with Crippen LogP contribution in [-0.2, 0) is 4.79 Å². The van der Waals surface area contributed by atoms with Crippen molar-refractivity contribution in [2.75, 3.05) is 5.32 Å². The fourth-order valence-corrected chi connectivity index (χ4v) is 2.90. The van der Waals surface area contributed by atoms with Crippen LogP contribution in [0.3, 0.4) is 0 Å². The predicted molar refractivity (Wildman–Crippen MR) is 96.2 cm³/mol. The Labute approximate surface area is 141 Å². The van der Waals surface area contributed by atoms with Gasteiger partial charge in [0.25, 0.3) is 0 Å². The van der Waals surface area contributed by atoms with Gasteiger partial charge >= 0.3 is 5.97 Å². The number of hydrogen-bond donors (Lipinski definition) is 2. The van der Waals surface area contributed by atoms with Gasteiger partial charge in [0, 0.05) is 11.6 Å². The van der Waals surface area contributed by atoms with Crippen molar-refractivity contribution in [2.45, 2.75) is 12.0 Å². The van der Waals surface area contributed by atoms with Crippen LogP contribution in [0.1, 0.15) is 17.0 Å². The number of hydrogen-bond acceptors (Lipinski definition) is 2. The fourth-order valence-electron chi connectivity index (χ4n) is 2.90. The van der Waals surface area contributed by atoms with Crippen LogP contribution in [0, 0.1) is 0 Å². The lowest BCUT2D eigenvalue weighted by atomic mass is 9.85. The minimum Gasteiger partial charge on any atom is -0.480 e. The summed E-state index contributed by atoms with van der Waals surface area (Å²) in [5.41, 5.74) is 2.74. The molecule has 3 nitrogen and oxygen atoms in total. The molecule has 24 heavy (non-hydrogen) atoms. The van der Waals surface area contributed by atoms with E-state index in [1.54, 1.807) is 0 Å². The molecule has 0 aliphatic rings. The molecular weight excluding hydrogens is 298 g/mol. The van der Waals surface area contributed by atoms with E-state index in [4.69, 9.17) is 0 Å². The molecule has 1 atom stereocenters. The monoisotopic (exact) mass is 317 g/mol. The van der Waals surface area contributed by atoms with Gasteiger partial charge in [-0.2, -0.15) is 0 Å². The lowest BCUT2D eigenvalue weighted by molar-refractivity contribution is -0.138. The van der Waals surface area contributed by atoms with Crippen molar-refractivity contribution in [3.8, 4) is 0 Å². The predicted octanol–water partition coefficient (Wildman–Crippen LogP) is 4.38. The summed E-state index contributed by atoms with van der Waals surface area (Å²) in [5, 5.41) is 13.0.